The van der Waals surface area contributed by atoms with E-state index >= 15 is 0 Å². The topological polar surface area (TPSA) is 69.2 Å². The van der Waals surface area contributed by atoms with Gasteiger partial charge in [-0.3, -0.25) is 4.98 Å². The normalized spacial score (nSPS) is 14.6. The molecular weight excluding hydrogens is 362 g/mol. The molecule has 150 valence electrons. The largest absolute Gasteiger partial charge is 0.369 e. The first-order valence-corrected chi connectivity index (χ1v) is 9.96. The Balaban J connectivity index is 1.40. The highest BCUT2D eigenvalue weighted by Crippen LogP contribution is 2.22. The molecule has 0 bridgehead atoms. The van der Waals surface area contributed by atoms with Crippen molar-refractivity contribution in [2.45, 2.75) is 13.5 Å². The quantitative estimate of drug-likeness (QED) is 0.670. The standard InChI is InChI=1S/C22H27N7/c1-17-25-21(24-16-19-5-3-4-10-23-19)15-22(26-17)27-18-6-8-20(9-7-18)29-13-11-28(2)12-14-29/h3-10,15H,11-14,16H2,1-2H3,(H2,24,25,26,27). The van der Waals surface area contributed by atoms with Gasteiger partial charge in [0.15, 0.2) is 0 Å². The Bertz CT molecular complexity index is 920. The second kappa shape index (κ2) is 8.87. The molecule has 7 nitrogen and oxygen atoms in total. The van der Waals surface area contributed by atoms with Crippen LogP contribution in [-0.2, 0) is 6.54 Å². The fourth-order valence-electron chi connectivity index (χ4n) is 3.37. The van der Waals surface area contributed by atoms with Crippen molar-refractivity contribution in [3.8, 4) is 0 Å². The Morgan fingerprint density at radius 3 is 2.41 bits per heavy atom. The zero-order chi connectivity index (χ0) is 20.1. The zero-order valence-electron chi connectivity index (χ0n) is 17.0. The molecule has 0 spiro atoms. The lowest BCUT2D eigenvalue weighted by atomic mass is 10.2. The second-order valence-electron chi connectivity index (χ2n) is 7.32. The number of anilines is 4. The van der Waals surface area contributed by atoms with Crippen LogP contribution < -0.4 is 15.5 Å². The summed E-state index contributed by atoms with van der Waals surface area (Å²) in [5.41, 5.74) is 3.25. The molecular formula is C22H27N7. The third kappa shape index (κ3) is 5.20. The van der Waals surface area contributed by atoms with E-state index in [1.807, 2.05) is 31.2 Å². The summed E-state index contributed by atoms with van der Waals surface area (Å²) in [6.45, 7) is 6.87. The molecule has 3 heterocycles. The molecule has 3 aromatic rings. The number of aromatic nitrogens is 3. The molecule has 1 fully saturated rings. The zero-order valence-corrected chi connectivity index (χ0v) is 17.0. The van der Waals surface area contributed by atoms with Gasteiger partial charge in [0, 0.05) is 49.8 Å². The van der Waals surface area contributed by atoms with E-state index in [4.69, 9.17) is 0 Å². The summed E-state index contributed by atoms with van der Waals surface area (Å²) in [7, 11) is 2.17. The van der Waals surface area contributed by atoms with Gasteiger partial charge in [-0.15, -0.1) is 0 Å². The third-order valence-electron chi connectivity index (χ3n) is 5.02. The molecule has 0 unspecified atom stereocenters. The van der Waals surface area contributed by atoms with Gasteiger partial charge in [-0.05, 0) is 50.4 Å². The summed E-state index contributed by atoms with van der Waals surface area (Å²) < 4.78 is 0. The van der Waals surface area contributed by atoms with Crippen LogP contribution >= 0.6 is 0 Å². The van der Waals surface area contributed by atoms with Gasteiger partial charge in [0.05, 0.1) is 12.2 Å². The molecule has 0 radical (unpaired) electrons. The smallest absolute Gasteiger partial charge is 0.136 e. The van der Waals surface area contributed by atoms with Gasteiger partial charge in [-0.25, -0.2) is 9.97 Å². The lowest BCUT2D eigenvalue weighted by Crippen LogP contribution is -2.44. The number of pyridine rings is 1. The van der Waals surface area contributed by atoms with Crippen LogP contribution in [0.5, 0.6) is 0 Å². The first-order valence-electron chi connectivity index (χ1n) is 9.96. The summed E-state index contributed by atoms with van der Waals surface area (Å²) in [5, 5.41) is 6.71. The summed E-state index contributed by atoms with van der Waals surface area (Å²) in [5.74, 6) is 2.26. The van der Waals surface area contributed by atoms with Gasteiger partial charge in [0.25, 0.3) is 0 Å². The van der Waals surface area contributed by atoms with E-state index in [2.05, 4.69) is 66.7 Å². The highest BCUT2D eigenvalue weighted by molar-refractivity contribution is 5.62. The minimum atomic E-state index is 0.621. The van der Waals surface area contributed by atoms with Crippen molar-refractivity contribution in [2.75, 3.05) is 48.8 Å². The number of likely N-dealkylation sites (N-methyl/N-ethyl adjacent to an activating group) is 1. The molecule has 1 aliphatic heterocycles. The third-order valence-corrected chi connectivity index (χ3v) is 5.02. The maximum Gasteiger partial charge on any atom is 0.136 e. The Labute approximate surface area is 171 Å². The van der Waals surface area contributed by atoms with Crippen LogP contribution in [0.25, 0.3) is 0 Å². The van der Waals surface area contributed by atoms with E-state index in [0.717, 1.165) is 49.2 Å². The van der Waals surface area contributed by atoms with Crippen LogP contribution in [-0.4, -0.2) is 53.1 Å². The van der Waals surface area contributed by atoms with Crippen LogP contribution in [0.4, 0.5) is 23.0 Å². The van der Waals surface area contributed by atoms with Crippen molar-refractivity contribution in [2.24, 2.45) is 0 Å². The molecule has 2 N–H and O–H groups in total. The molecule has 2 aromatic heterocycles. The molecule has 7 heteroatoms. The minimum Gasteiger partial charge on any atom is -0.369 e. The molecule has 4 rings (SSSR count). The monoisotopic (exact) mass is 389 g/mol. The van der Waals surface area contributed by atoms with Gasteiger partial charge in [0.1, 0.15) is 17.5 Å². The van der Waals surface area contributed by atoms with E-state index in [1.165, 1.54) is 5.69 Å². The average molecular weight is 390 g/mol. The van der Waals surface area contributed by atoms with Crippen molar-refractivity contribution in [1.29, 1.82) is 0 Å². The SMILES string of the molecule is Cc1nc(NCc2ccccn2)cc(Nc2ccc(N3CCN(C)CC3)cc2)n1. The van der Waals surface area contributed by atoms with Gasteiger partial charge in [-0.1, -0.05) is 6.07 Å². The van der Waals surface area contributed by atoms with E-state index in [-0.39, 0.29) is 0 Å². The number of benzene rings is 1. The Hall–Kier alpha value is -3.19. The van der Waals surface area contributed by atoms with Crippen molar-refractivity contribution in [1.82, 2.24) is 19.9 Å². The summed E-state index contributed by atoms with van der Waals surface area (Å²) in [6, 6.07) is 16.3. The molecule has 0 amide bonds. The van der Waals surface area contributed by atoms with Gasteiger partial charge >= 0.3 is 0 Å². The van der Waals surface area contributed by atoms with Crippen LogP contribution in [0.15, 0.2) is 54.7 Å². The molecule has 29 heavy (non-hydrogen) atoms. The summed E-state index contributed by atoms with van der Waals surface area (Å²) >= 11 is 0. The van der Waals surface area contributed by atoms with E-state index in [9.17, 15) is 0 Å². The number of hydrogen-bond acceptors (Lipinski definition) is 7. The number of hydrogen-bond donors (Lipinski definition) is 2. The maximum absolute atomic E-state index is 4.51. The van der Waals surface area contributed by atoms with Crippen molar-refractivity contribution < 1.29 is 0 Å². The molecule has 1 aromatic carbocycles. The predicted molar refractivity (Wildman–Crippen MR) is 118 cm³/mol. The average Bonchev–Trinajstić information content (AvgIpc) is 2.74. The van der Waals surface area contributed by atoms with Gasteiger partial charge in [-0.2, -0.15) is 0 Å². The molecule has 0 atom stereocenters. The van der Waals surface area contributed by atoms with Crippen molar-refractivity contribution >= 4 is 23.0 Å². The molecule has 0 aliphatic carbocycles. The van der Waals surface area contributed by atoms with Gasteiger partial charge in [0.2, 0.25) is 0 Å². The summed E-state index contributed by atoms with van der Waals surface area (Å²) in [4.78, 5) is 18.1. The van der Waals surface area contributed by atoms with Crippen LogP contribution in [0, 0.1) is 6.92 Å². The lowest BCUT2D eigenvalue weighted by molar-refractivity contribution is 0.313. The van der Waals surface area contributed by atoms with E-state index in [1.54, 1.807) is 6.20 Å². The van der Waals surface area contributed by atoms with Crippen LogP contribution in [0.2, 0.25) is 0 Å². The van der Waals surface area contributed by atoms with E-state index in [0.29, 0.717) is 12.4 Å². The minimum absolute atomic E-state index is 0.621. The number of aryl methyl sites for hydroxylation is 1. The van der Waals surface area contributed by atoms with Gasteiger partial charge < -0.3 is 20.4 Å². The lowest BCUT2D eigenvalue weighted by Gasteiger charge is -2.34. The van der Waals surface area contributed by atoms with Crippen molar-refractivity contribution in [3.05, 3.63) is 66.2 Å². The molecule has 1 aliphatic rings. The predicted octanol–water partition coefficient (Wildman–Crippen LogP) is 3.29. The Morgan fingerprint density at radius 2 is 1.69 bits per heavy atom. The van der Waals surface area contributed by atoms with E-state index < -0.39 is 0 Å². The fourth-order valence-corrected chi connectivity index (χ4v) is 3.37. The molecule has 0 saturated carbocycles. The highest BCUT2D eigenvalue weighted by atomic mass is 15.2. The first kappa shape index (κ1) is 19.1. The number of piperazine rings is 1. The Morgan fingerprint density at radius 1 is 0.931 bits per heavy atom. The maximum atomic E-state index is 4.51. The van der Waals surface area contributed by atoms with Crippen LogP contribution in [0.1, 0.15) is 11.5 Å². The number of nitrogens with one attached hydrogen (secondary N) is 2. The second-order valence-corrected chi connectivity index (χ2v) is 7.32. The number of nitrogens with zero attached hydrogens (tertiary/aromatic N) is 5. The van der Waals surface area contributed by atoms with Crippen molar-refractivity contribution in [3.63, 3.8) is 0 Å². The van der Waals surface area contributed by atoms with Crippen LogP contribution in [0.3, 0.4) is 0 Å². The fraction of sp³-hybridized carbons (Fsp3) is 0.318. The molecule has 1 saturated heterocycles. The highest BCUT2D eigenvalue weighted by Gasteiger charge is 2.14. The first-order chi connectivity index (χ1) is 14.2. The number of rotatable bonds is 6. The Kier molecular flexibility index (Phi) is 5.86. The summed E-state index contributed by atoms with van der Waals surface area (Å²) in [6.07, 6.45) is 1.79.